The third kappa shape index (κ3) is 6.00. The Kier molecular flexibility index (Phi) is 7.69. The summed E-state index contributed by atoms with van der Waals surface area (Å²) in [5.41, 5.74) is 3.96. The summed E-state index contributed by atoms with van der Waals surface area (Å²) in [6.07, 6.45) is 3.29. The number of H-pyrrole nitrogens is 1. The van der Waals surface area contributed by atoms with E-state index in [9.17, 15) is 18.0 Å². The van der Waals surface area contributed by atoms with Gasteiger partial charge in [0.25, 0.3) is 0 Å². The minimum Gasteiger partial charge on any atom is -0.450 e. The number of aromatic nitrogens is 3. The molecule has 2 atom stereocenters. The van der Waals surface area contributed by atoms with E-state index >= 15 is 0 Å². The molecule has 0 aliphatic heterocycles. The summed E-state index contributed by atoms with van der Waals surface area (Å²) in [6.45, 7) is 5.91. The molecule has 4 aromatic rings. The van der Waals surface area contributed by atoms with E-state index in [1.165, 1.54) is 0 Å². The highest BCUT2D eigenvalue weighted by molar-refractivity contribution is 7.89. The number of para-hydroxylation sites is 2. The molecule has 2 aromatic heterocycles. The van der Waals surface area contributed by atoms with Gasteiger partial charge in [0.15, 0.2) is 0 Å². The van der Waals surface area contributed by atoms with Gasteiger partial charge in [-0.05, 0) is 67.5 Å². The van der Waals surface area contributed by atoms with Crippen molar-refractivity contribution in [2.24, 2.45) is 5.92 Å². The Morgan fingerprint density at radius 1 is 1.12 bits per heavy atom. The Morgan fingerprint density at radius 2 is 1.91 bits per heavy atom. The van der Waals surface area contributed by atoms with Gasteiger partial charge in [0.1, 0.15) is 0 Å². The molecule has 2 heterocycles. The van der Waals surface area contributed by atoms with Crippen molar-refractivity contribution in [2.75, 3.05) is 18.5 Å². The second-order valence-electron chi connectivity index (χ2n) is 11.5. The number of pyridine rings is 1. The largest absolute Gasteiger partial charge is 0.450 e. The topological polar surface area (TPSA) is 167 Å². The average Bonchev–Trinajstić information content (AvgIpc) is 3.65. The van der Waals surface area contributed by atoms with Crippen molar-refractivity contribution in [3.63, 3.8) is 0 Å². The second kappa shape index (κ2) is 11.5. The van der Waals surface area contributed by atoms with Crippen LogP contribution < -0.4 is 20.7 Å². The molecule has 0 bridgehead atoms. The number of benzene rings is 2. The first-order valence-electron chi connectivity index (χ1n) is 14.5. The molecule has 5 N–H and O–H groups in total. The fourth-order valence-electron chi connectivity index (χ4n) is 5.59. The number of rotatable bonds is 9. The predicted molar refractivity (Wildman–Crippen MR) is 162 cm³/mol. The summed E-state index contributed by atoms with van der Waals surface area (Å²) in [4.78, 5) is 37.6. The van der Waals surface area contributed by atoms with Crippen molar-refractivity contribution in [1.82, 2.24) is 30.3 Å². The lowest BCUT2D eigenvalue weighted by molar-refractivity contribution is 0.152. The van der Waals surface area contributed by atoms with Crippen molar-refractivity contribution in [3.8, 4) is 0 Å². The lowest BCUT2D eigenvalue weighted by Crippen LogP contribution is -2.41. The van der Waals surface area contributed by atoms with Crippen molar-refractivity contribution in [3.05, 3.63) is 59.4 Å². The molecule has 2 unspecified atom stereocenters. The summed E-state index contributed by atoms with van der Waals surface area (Å²) in [7, 11) is -3.92. The standard InChI is InChI=1S/C30H35N7O5S/c1-4-42-30(39)37-29(38)36-24-13-25(35-28-33-21-7-5-6-8-22(21)34-28)27-19(24)12-26(43(40,41)32-14-16(2)3)18-11-23(17-9-10-17)31-15-20(18)27/h5-8,11-12,15-17,24-25,32H,4,9-10,13-14H2,1-3H3,(H2,33,34,35)(H2,36,37,38,39). The molecule has 1 fully saturated rings. The first-order chi connectivity index (χ1) is 20.6. The molecule has 12 nitrogen and oxygen atoms in total. The van der Waals surface area contributed by atoms with Crippen LogP contribution in [-0.4, -0.2) is 48.6 Å². The van der Waals surface area contributed by atoms with E-state index in [4.69, 9.17) is 9.72 Å². The molecular formula is C30H35N7O5S. The van der Waals surface area contributed by atoms with Crippen LogP contribution in [-0.2, 0) is 14.8 Å². The number of nitrogens with zero attached hydrogens (tertiary/aromatic N) is 2. The van der Waals surface area contributed by atoms with E-state index in [0.29, 0.717) is 34.6 Å². The monoisotopic (exact) mass is 605 g/mol. The van der Waals surface area contributed by atoms with Gasteiger partial charge in [-0.15, -0.1) is 0 Å². The number of imidazole rings is 1. The van der Waals surface area contributed by atoms with Crippen molar-refractivity contribution in [2.45, 2.75) is 62.9 Å². The lowest BCUT2D eigenvalue weighted by atomic mass is 9.98. The minimum absolute atomic E-state index is 0.109. The molecule has 2 aromatic carbocycles. The molecule has 43 heavy (non-hydrogen) atoms. The zero-order valence-corrected chi connectivity index (χ0v) is 25.0. The summed E-state index contributed by atoms with van der Waals surface area (Å²) in [6, 6.07) is 9.47. The maximum absolute atomic E-state index is 13.7. The molecular weight excluding hydrogens is 570 g/mol. The SMILES string of the molecule is CCOC(=O)NC(=O)NC1CC(Nc2nc3ccccc3[nH]2)c2c1cc(S(=O)(=O)NCC(C)C)c1cc(C3CC3)ncc21. The van der Waals surface area contributed by atoms with Crippen LogP contribution in [0.5, 0.6) is 0 Å². The summed E-state index contributed by atoms with van der Waals surface area (Å²) < 4.78 is 35.1. The van der Waals surface area contributed by atoms with Crippen LogP contribution >= 0.6 is 0 Å². The van der Waals surface area contributed by atoms with Gasteiger partial charge in [0.05, 0.1) is 34.6 Å². The first kappa shape index (κ1) is 28.9. The number of carbonyl (C=O) groups is 2. The number of carbonyl (C=O) groups excluding carboxylic acids is 2. The van der Waals surface area contributed by atoms with E-state index in [1.54, 1.807) is 19.2 Å². The average molecular weight is 606 g/mol. The molecule has 0 radical (unpaired) electrons. The van der Waals surface area contributed by atoms with E-state index in [-0.39, 0.29) is 30.0 Å². The number of fused-ring (bicyclic) bond motifs is 4. The molecule has 13 heteroatoms. The number of nitrogens with one attached hydrogen (secondary N) is 5. The highest BCUT2D eigenvalue weighted by atomic mass is 32.2. The van der Waals surface area contributed by atoms with Crippen molar-refractivity contribution < 1.29 is 22.7 Å². The fraction of sp³-hybridized carbons (Fsp3) is 0.400. The first-order valence-corrected chi connectivity index (χ1v) is 16.0. The van der Waals surface area contributed by atoms with Crippen LogP contribution in [0, 0.1) is 5.92 Å². The number of imide groups is 1. The zero-order chi connectivity index (χ0) is 30.3. The maximum Gasteiger partial charge on any atom is 0.415 e. The number of hydrogen-bond donors (Lipinski definition) is 5. The number of anilines is 1. The summed E-state index contributed by atoms with van der Waals surface area (Å²) >= 11 is 0. The van der Waals surface area contributed by atoms with Crippen molar-refractivity contribution >= 4 is 49.9 Å². The molecule has 226 valence electrons. The number of urea groups is 1. The lowest BCUT2D eigenvalue weighted by Gasteiger charge is -2.19. The molecule has 2 aliphatic rings. The summed E-state index contributed by atoms with van der Waals surface area (Å²) in [5, 5.41) is 9.74. The van der Waals surface area contributed by atoms with Gasteiger partial charge in [0, 0.05) is 35.1 Å². The predicted octanol–water partition coefficient (Wildman–Crippen LogP) is 4.98. The molecule has 6 rings (SSSR count). The van der Waals surface area contributed by atoms with Gasteiger partial charge in [-0.25, -0.2) is 33.0 Å². The fourth-order valence-corrected chi connectivity index (χ4v) is 7.04. The van der Waals surface area contributed by atoms with Gasteiger partial charge in [-0.1, -0.05) is 26.0 Å². The van der Waals surface area contributed by atoms with E-state index in [1.807, 2.05) is 44.2 Å². The highest BCUT2D eigenvalue weighted by Gasteiger charge is 2.37. The number of sulfonamides is 1. The van der Waals surface area contributed by atoms with Gasteiger partial charge >= 0.3 is 12.1 Å². The van der Waals surface area contributed by atoms with Crippen molar-refractivity contribution in [1.29, 1.82) is 0 Å². The third-order valence-corrected chi connectivity index (χ3v) is 9.20. The van der Waals surface area contributed by atoms with E-state index < -0.39 is 28.2 Å². The van der Waals surface area contributed by atoms with Gasteiger partial charge < -0.3 is 20.4 Å². The van der Waals surface area contributed by atoms with E-state index in [2.05, 4.69) is 30.6 Å². The van der Waals surface area contributed by atoms with Crippen LogP contribution in [0.4, 0.5) is 15.5 Å². The van der Waals surface area contributed by atoms with Crippen LogP contribution in [0.2, 0.25) is 0 Å². The zero-order valence-electron chi connectivity index (χ0n) is 24.2. The summed E-state index contributed by atoms with van der Waals surface area (Å²) in [5.74, 6) is 0.972. The number of aromatic amines is 1. The van der Waals surface area contributed by atoms with Crippen LogP contribution in [0.25, 0.3) is 21.8 Å². The van der Waals surface area contributed by atoms with Gasteiger partial charge in [-0.2, -0.15) is 0 Å². The number of hydrogen-bond acceptors (Lipinski definition) is 8. The van der Waals surface area contributed by atoms with Crippen LogP contribution in [0.1, 0.15) is 74.9 Å². The Bertz CT molecular complexity index is 1780. The highest BCUT2D eigenvalue weighted by Crippen LogP contribution is 2.47. The quantitative estimate of drug-likeness (QED) is 0.178. The number of ether oxygens (including phenoxy) is 1. The van der Waals surface area contributed by atoms with Gasteiger partial charge in [-0.3, -0.25) is 4.98 Å². The Hall–Kier alpha value is -4.23. The Labute approximate surface area is 249 Å². The van der Waals surface area contributed by atoms with Crippen LogP contribution in [0.3, 0.4) is 0 Å². The normalized spacial score (nSPS) is 18.1. The molecule has 0 spiro atoms. The van der Waals surface area contributed by atoms with Crippen LogP contribution in [0.15, 0.2) is 47.5 Å². The Morgan fingerprint density at radius 3 is 2.63 bits per heavy atom. The molecule has 2 aliphatic carbocycles. The Balaban J connectivity index is 1.46. The second-order valence-corrected chi connectivity index (χ2v) is 13.2. The molecule has 1 saturated carbocycles. The molecule has 3 amide bonds. The minimum atomic E-state index is -3.92. The maximum atomic E-state index is 13.7. The third-order valence-electron chi connectivity index (χ3n) is 7.74. The molecule has 0 saturated heterocycles. The smallest absolute Gasteiger partial charge is 0.415 e. The van der Waals surface area contributed by atoms with Gasteiger partial charge in [0.2, 0.25) is 16.0 Å². The van der Waals surface area contributed by atoms with E-state index in [0.717, 1.165) is 35.1 Å². The number of amides is 3. The number of alkyl carbamates (subject to hydrolysis) is 1.